The molecule has 2 N–H and O–H groups in total. The summed E-state index contributed by atoms with van der Waals surface area (Å²) in [7, 11) is 0. The highest BCUT2D eigenvalue weighted by atomic mass is 16.7. The summed E-state index contributed by atoms with van der Waals surface area (Å²) in [5, 5.41) is 9.80. The van der Waals surface area contributed by atoms with E-state index in [0.29, 0.717) is 31.8 Å². The topological polar surface area (TPSA) is 95.9 Å². The maximum absolute atomic E-state index is 12.6. The lowest BCUT2D eigenvalue weighted by Gasteiger charge is -2.38. The third-order valence-corrected chi connectivity index (χ3v) is 5.16. The molecule has 1 aromatic heterocycles. The van der Waals surface area contributed by atoms with E-state index >= 15 is 0 Å². The molecule has 1 saturated heterocycles. The number of oxime groups is 1. The SMILES string of the molecule is O=C(NCc1ccncc1)C1=NO[C@@]2(CCCN(C(=O)Nc3ccccc3)C2)C1. The molecule has 8 heteroatoms. The van der Waals surface area contributed by atoms with Crippen LogP contribution in [0.4, 0.5) is 10.5 Å². The number of nitrogens with one attached hydrogen (secondary N) is 2. The van der Waals surface area contributed by atoms with Crippen molar-refractivity contribution in [1.29, 1.82) is 0 Å². The molecule has 2 aliphatic heterocycles. The molecule has 8 nitrogen and oxygen atoms in total. The minimum Gasteiger partial charge on any atom is -0.386 e. The van der Waals surface area contributed by atoms with E-state index in [0.717, 1.165) is 24.1 Å². The van der Waals surface area contributed by atoms with Crippen LogP contribution in [-0.2, 0) is 16.2 Å². The number of urea groups is 1. The zero-order chi connectivity index (χ0) is 20.1. The lowest BCUT2D eigenvalue weighted by atomic mass is 9.88. The zero-order valence-corrected chi connectivity index (χ0v) is 16.0. The molecule has 0 radical (unpaired) electrons. The lowest BCUT2D eigenvalue weighted by Crippen LogP contribution is -2.52. The normalized spacial score (nSPS) is 20.7. The number of hydrogen-bond acceptors (Lipinski definition) is 5. The zero-order valence-electron chi connectivity index (χ0n) is 16.0. The third kappa shape index (κ3) is 4.53. The number of amides is 3. The summed E-state index contributed by atoms with van der Waals surface area (Å²) in [5.41, 5.74) is 1.44. The molecule has 3 heterocycles. The van der Waals surface area contributed by atoms with Gasteiger partial charge in [0.05, 0.1) is 6.54 Å². The fraction of sp³-hybridized carbons (Fsp3) is 0.333. The Kier molecular flexibility index (Phi) is 5.41. The second-order valence-electron chi connectivity index (χ2n) is 7.35. The van der Waals surface area contributed by atoms with Gasteiger partial charge in [0.15, 0.2) is 5.60 Å². The molecule has 0 bridgehead atoms. The van der Waals surface area contributed by atoms with E-state index < -0.39 is 5.60 Å². The van der Waals surface area contributed by atoms with Gasteiger partial charge in [-0.25, -0.2) is 4.79 Å². The fourth-order valence-electron chi connectivity index (χ4n) is 3.64. The van der Waals surface area contributed by atoms with E-state index in [9.17, 15) is 9.59 Å². The number of para-hydroxylation sites is 1. The Balaban J connectivity index is 1.32. The molecule has 1 spiro atoms. The third-order valence-electron chi connectivity index (χ3n) is 5.16. The predicted molar refractivity (Wildman–Crippen MR) is 108 cm³/mol. The van der Waals surface area contributed by atoms with Crippen LogP contribution in [0.2, 0.25) is 0 Å². The summed E-state index contributed by atoms with van der Waals surface area (Å²) in [6, 6.07) is 12.9. The highest BCUT2D eigenvalue weighted by Crippen LogP contribution is 2.33. The van der Waals surface area contributed by atoms with E-state index in [4.69, 9.17) is 4.84 Å². The number of rotatable bonds is 4. The van der Waals surface area contributed by atoms with Crippen molar-refractivity contribution in [3.63, 3.8) is 0 Å². The van der Waals surface area contributed by atoms with E-state index in [2.05, 4.69) is 20.8 Å². The molecule has 1 fully saturated rings. The van der Waals surface area contributed by atoms with Gasteiger partial charge in [-0.15, -0.1) is 0 Å². The van der Waals surface area contributed by atoms with Crippen LogP contribution in [0.3, 0.4) is 0 Å². The standard InChI is InChI=1S/C21H23N5O3/c27-19(23-14-16-7-10-22-11-8-16)18-13-21(29-25-18)9-4-12-26(15-21)20(28)24-17-5-2-1-3-6-17/h1-3,5-8,10-11H,4,9,12-15H2,(H,23,27)(H,24,28)/t21-/m0/s1. The van der Waals surface area contributed by atoms with Crippen molar-refractivity contribution < 1.29 is 14.4 Å². The van der Waals surface area contributed by atoms with Gasteiger partial charge in [-0.3, -0.25) is 9.78 Å². The van der Waals surface area contributed by atoms with Crippen molar-refractivity contribution in [3.05, 3.63) is 60.4 Å². The van der Waals surface area contributed by atoms with Crippen molar-refractivity contribution in [1.82, 2.24) is 15.2 Å². The Hall–Kier alpha value is -3.42. The van der Waals surface area contributed by atoms with Gasteiger partial charge in [0.1, 0.15) is 5.71 Å². The quantitative estimate of drug-likeness (QED) is 0.834. The number of aromatic nitrogens is 1. The fourth-order valence-corrected chi connectivity index (χ4v) is 3.64. The number of piperidine rings is 1. The lowest BCUT2D eigenvalue weighted by molar-refractivity contribution is -0.115. The maximum atomic E-state index is 12.6. The molecular weight excluding hydrogens is 370 g/mol. The Morgan fingerprint density at radius 2 is 1.93 bits per heavy atom. The van der Waals surface area contributed by atoms with Crippen LogP contribution in [0, 0.1) is 0 Å². The van der Waals surface area contributed by atoms with Crippen LogP contribution in [-0.4, -0.2) is 46.2 Å². The smallest absolute Gasteiger partial charge is 0.321 e. The molecule has 0 aliphatic carbocycles. The number of carbonyl (C=O) groups excluding carboxylic acids is 2. The van der Waals surface area contributed by atoms with E-state index in [1.165, 1.54) is 0 Å². The molecular formula is C21H23N5O3. The van der Waals surface area contributed by atoms with Crippen molar-refractivity contribution in [2.24, 2.45) is 5.16 Å². The Morgan fingerprint density at radius 1 is 1.14 bits per heavy atom. The molecule has 0 unspecified atom stereocenters. The molecule has 4 rings (SSSR count). The molecule has 1 atom stereocenters. The predicted octanol–water partition coefficient (Wildman–Crippen LogP) is 2.54. The summed E-state index contributed by atoms with van der Waals surface area (Å²) in [5.74, 6) is -0.246. The van der Waals surface area contributed by atoms with E-state index in [1.807, 2.05) is 42.5 Å². The first-order valence-corrected chi connectivity index (χ1v) is 9.67. The Morgan fingerprint density at radius 3 is 2.72 bits per heavy atom. The van der Waals surface area contributed by atoms with Gasteiger partial charge in [-0.05, 0) is 42.7 Å². The molecule has 2 aliphatic rings. The van der Waals surface area contributed by atoms with E-state index in [1.54, 1.807) is 17.3 Å². The van der Waals surface area contributed by atoms with Crippen molar-refractivity contribution in [2.75, 3.05) is 18.4 Å². The number of anilines is 1. The Bertz CT molecular complexity index is 903. The molecule has 0 saturated carbocycles. The van der Waals surface area contributed by atoms with Crippen molar-refractivity contribution in [2.45, 2.75) is 31.4 Å². The minimum atomic E-state index is -0.629. The average molecular weight is 393 g/mol. The first kappa shape index (κ1) is 18.9. The number of hydrogen-bond donors (Lipinski definition) is 2. The van der Waals surface area contributed by atoms with Crippen molar-refractivity contribution >= 4 is 23.3 Å². The number of likely N-dealkylation sites (tertiary alicyclic amines) is 1. The first-order chi connectivity index (χ1) is 14.1. The van der Waals surface area contributed by atoms with E-state index in [-0.39, 0.29) is 11.9 Å². The minimum absolute atomic E-state index is 0.172. The van der Waals surface area contributed by atoms with Gasteiger partial charge in [-0.1, -0.05) is 23.4 Å². The van der Waals surface area contributed by atoms with Crippen LogP contribution in [0.5, 0.6) is 0 Å². The molecule has 150 valence electrons. The van der Waals surface area contributed by atoms with Gasteiger partial charge in [0.25, 0.3) is 5.91 Å². The van der Waals surface area contributed by atoms with Crippen LogP contribution in [0.15, 0.2) is 60.0 Å². The van der Waals surface area contributed by atoms with Crippen LogP contribution in [0.25, 0.3) is 0 Å². The summed E-state index contributed by atoms with van der Waals surface area (Å²) >= 11 is 0. The van der Waals surface area contributed by atoms with Crippen LogP contribution < -0.4 is 10.6 Å². The van der Waals surface area contributed by atoms with Gasteiger partial charge in [-0.2, -0.15) is 0 Å². The average Bonchev–Trinajstić information content (AvgIpc) is 3.16. The number of benzene rings is 1. The molecule has 1 aromatic carbocycles. The van der Waals surface area contributed by atoms with Crippen molar-refractivity contribution in [3.8, 4) is 0 Å². The number of nitrogens with zero attached hydrogens (tertiary/aromatic N) is 3. The summed E-state index contributed by atoms with van der Waals surface area (Å²) in [6.07, 6.45) is 5.31. The first-order valence-electron chi connectivity index (χ1n) is 9.67. The second kappa shape index (κ2) is 8.30. The van der Waals surface area contributed by atoms with Crippen LogP contribution >= 0.6 is 0 Å². The molecule has 2 aromatic rings. The highest BCUT2D eigenvalue weighted by molar-refractivity contribution is 6.39. The summed E-state index contributed by atoms with van der Waals surface area (Å²) < 4.78 is 0. The van der Waals surface area contributed by atoms with Gasteiger partial charge in [0.2, 0.25) is 0 Å². The molecule has 3 amide bonds. The van der Waals surface area contributed by atoms with Crippen LogP contribution in [0.1, 0.15) is 24.8 Å². The monoisotopic (exact) mass is 393 g/mol. The highest BCUT2D eigenvalue weighted by Gasteiger charge is 2.45. The van der Waals surface area contributed by atoms with Gasteiger partial charge in [0, 0.05) is 37.6 Å². The second-order valence-corrected chi connectivity index (χ2v) is 7.35. The summed E-state index contributed by atoms with van der Waals surface area (Å²) in [6.45, 7) is 1.45. The molecule has 29 heavy (non-hydrogen) atoms. The summed E-state index contributed by atoms with van der Waals surface area (Å²) in [4.78, 5) is 36.5. The Labute approximate surface area is 168 Å². The largest absolute Gasteiger partial charge is 0.386 e. The van der Waals surface area contributed by atoms with Gasteiger partial charge >= 0.3 is 6.03 Å². The van der Waals surface area contributed by atoms with Gasteiger partial charge < -0.3 is 20.4 Å². The number of pyridine rings is 1. The maximum Gasteiger partial charge on any atom is 0.321 e. The number of carbonyl (C=O) groups is 2.